The fourth-order valence-corrected chi connectivity index (χ4v) is 4.09. The number of nitrogens with two attached hydrogens (primary N) is 1. The maximum atomic E-state index is 12.7. The van der Waals surface area contributed by atoms with E-state index in [-0.39, 0.29) is 10.9 Å². The highest BCUT2D eigenvalue weighted by atomic mass is 32.2. The van der Waals surface area contributed by atoms with Crippen molar-refractivity contribution in [2.45, 2.75) is 30.7 Å². The smallest absolute Gasteiger partial charge is 0.300 e. The van der Waals surface area contributed by atoms with Gasteiger partial charge in [-0.1, -0.05) is 6.07 Å². The average molecular weight is 355 g/mol. The van der Waals surface area contributed by atoms with Gasteiger partial charge in [0.1, 0.15) is 15.9 Å². The number of rotatable bonds is 2. The zero-order valence-electron chi connectivity index (χ0n) is 13.6. The summed E-state index contributed by atoms with van der Waals surface area (Å²) in [6.07, 6.45) is 1.38. The minimum absolute atomic E-state index is 0.0914. The summed E-state index contributed by atoms with van der Waals surface area (Å²) in [7, 11) is -1.86. The molecule has 0 saturated carbocycles. The van der Waals surface area contributed by atoms with Crippen molar-refractivity contribution >= 4 is 27.0 Å². The van der Waals surface area contributed by atoms with Crippen LogP contribution in [-0.2, 0) is 21.9 Å². The SMILES string of the molecule is CC(=O)O.Cn1nc2cccc(S(=O)(=O)N3CCC(N)CC3)c2n1. The molecule has 0 atom stereocenters. The van der Waals surface area contributed by atoms with E-state index in [0.717, 1.165) is 6.92 Å². The summed E-state index contributed by atoms with van der Waals surface area (Å²) in [5, 5.41) is 15.7. The summed E-state index contributed by atoms with van der Waals surface area (Å²) in [6.45, 7) is 2.00. The molecule has 10 heteroatoms. The molecule has 132 valence electrons. The number of hydrogen-bond acceptors (Lipinski definition) is 6. The molecule has 0 unspecified atom stereocenters. The summed E-state index contributed by atoms with van der Waals surface area (Å²) in [6, 6.07) is 5.13. The van der Waals surface area contributed by atoms with Crippen molar-refractivity contribution in [3.8, 4) is 0 Å². The van der Waals surface area contributed by atoms with Crippen LogP contribution in [0, 0.1) is 0 Å². The lowest BCUT2D eigenvalue weighted by Crippen LogP contribution is -2.42. The molecule has 1 aromatic carbocycles. The van der Waals surface area contributed by atoms with Crippen molar-refractivity contribution in [2.24, 2.45) is 12.8 Å². The molecule has 3 N–H and O–H groups in total. The normalized spacial score (nSPS) is 16.6. The molecule has 0 aliphatic carbocycles. The van der Waals surface area contributed by atoms with Crippen molar-refractivity contribution in [1.29, 1.82) is 0 Å². The van der Waals surface area contributed by atoms with Gasteiger partial charge in [0.05, 0.1) is 0 Å². The van der Waals surface area contributed by atoms with Crippen molar-refractivity contribution in [3.63, 3.8) is 0 Å². The molecule has 0 amide bonds. The second-order valence-corrected chi connectivity index (χ2v) is 7.48. The van der Waals surface area contributed by atoms with Crippen LogP contribution in [0.3, 0.4) is 0 Å². The monoisotopic (exact) mass is 355 g/mol. The summed E-state index contributed by atoms with van der Waals surface area (Å²) < 4.78 is 26.9. The molecule has 1 aliphatic heterocycles. The Morgan fingerprint density at radius 2 is 1.88 bits per heavy atom. The molecular weight excluding hydrogens is 334 g/mol. The zero-order valence-corrected chi connectivity index (χ0v) is 14.4. The van der Waals surface area contributed by atoms with E-state index in [2.05, 4.69) is 10.2 Å². The van der Waals surface area contributed by atoms with Gasteiger partial charge in [0.25, 0.3) is 5.97 Å². The predicted octanol–water partition coefficient (Wildman–Crippen LogP) is 0.171. The molecule has 1 fully saturated rings. The van der Waals surface area contributed by atoms with Gasteiger partial charge >= 0.3 is 0 Å². The second-order valence-electron chi connectivity index (χ2n) is 5.57. The number of hydrogen-bond donors (Lipinski definition) is 2. The van der Waals surface area contributed by atoms with Crippen LogP contribution in [0.5, 0.6) is 0 Å². The number of piperidine rings is 1. The average Bonchev–Trinajstić information content (AvgIpc) is 2.86. The second kappa shape index (κ2) is 7.24. The van der Waals surface area contributed by atoms with Crippen molar-refractivity contribution < 1.29 is 18.3 Å². The van der Waals surface area contributed by atoms with E-state index in [1.165, 1.54) is 9.10 Å². The van der Waals surface area contributed by atoms with E-state index in [4.69, 9.17) is 15.6 Å². The van der Waals surface area contributed by atoms with E-state index >= 15 is 0 Å². The number of carboxylic acids is 1. The Balaban J connectivity index is 0.000000471. The fourth-order valence-electron chi connectivity index (χ4n) is 2.48. The van der Waals surface area contributed by atoms with Crippen LogP contribution in [0.15, 0.2) is 23.1 Å². The number of aryl methyl sites for hydroxylation is 1. The fraction of sp³-hybridized carbons (Fsp3) is 0.500. The van der Waals surface area contributed by atoms with E-state index in [9.17, 15) is 8.42 Å². The Hall–Kier alpha value is -2.04. The molecule has 24 heavy (non-hydrogen) atoms. The van der Waals surface area contributed by atoms with Crippen LogP contribution in [0.2, 0.25) is 0 Å². The highest BCUT2D eigenvalue weighted by Crippen LogP contribution is 2.25. The molecule has 9 nitrogen and oxygen atoms in total. The molecule has 0 bridgehead atoms. The number of aliphatic carboxylic acids is 1. The first-order valence-corrected chi connectivity index (χ1v) is 8.91. The molecule has 1 aromatic heterocycles. The van der Waals surface area contributed by atoms with Gasteiger partial charge < -0.3 is 10.8 Å². The van der Waals surface area contributed by atoms with E-state index in [1.54, 1.807) is 25.2 Å². The number of aromatic nitrogens is 3. The maximum absolute atomic E-state index is 12.7. The number of nitrogens with zero attached hydrogens (tertiary/aromatic N) is 4. The lowest BCUT2D eigenvalue weighted by molar-refractivity contribution is -0.134. The number of sulfonamides is 1. The third kappa shape index (κ3) is 4.08. The van der Waals surface area contributed by atoms with Crippen LogP contribution in [-0.4, -0.2) is 57.9 Å². The number of carboxylic acid groups (broad SMARTS) is 1. The Morgan fingerprint density at radius 1 is 1.29 bits per heavy atom. The Kier molecular flexibility index (Phi) is 5.52. The zero-order chi connectivity index (χ0) is 17.9. The quantitative estimate of drug-likeness (QED) is 0.785. The number of benzene rings is 1. The third-order valence-corrected chi connectivity index (χ3v) is 5.52. The summed E-state index contributed by atoms with van der Waals surface area (Å²) in [4.78, 5) is 10.6. The predicted molar refractivity (Wildman–Crippen MR) is 87.8 cm³/mol. The first kappa shape index (κ1) is 18.3. The Labute approximate surface area is 140 Å². The lowest BCUT2D eigenvalue weighted by Gasteiger charge is -2.29. The van der Waals surface area contributed by atoms with Crippen LogP contribution in [0.25, 0.3) is 11.0 Å². The summed E-state index contributed by atoms with van der Waals surface area (Å²) in [5.74, 6) is -0.833. The van der Waals surface area contributed by atoms with Crippen LogP contribution in [0.1, 0.15) is 19.8 Å². The minimum Gasteiger partial charge on any atom is -0.481 e. The van der Waals surface area contributed by atoms with Crippen molar-refractivity contribution in [3.05, 3.63) is 18.2 Å². The van der Waals surface area contributed by atoms with Crippen molar-refractivity contribution in [2.75, 3.05) is 13.1 Å². The van der Waals surface area contributed by atoms with Crippen LogP contribution >= 0.6 is 0 Å². The van der Waals surface area contributed by atoms with E-state index in [0.29, 0.717) is 37.0 Å². The van der Waals surface area contributed by atoms with Crippen LogP contribution in [0.4, 0.5) is 0 Å². The Bertz CT molecular complexity index is 821. The highest BCUT2D eigenvalue weighted by Gasteiger charge is 2.30. The van der Waals surface area contributed by atoms with Gasteiger partial charge in [-0.15, -0.1) is 0 Å². The third-order valence-electron chi connectivity index (χ3n) is 3.59. The highest BCUT2D eigenvalue weighted by molar-refractivity contribution is 7.89. The van der Waals surface area contributed by atoms with E-state index < -0.39 is 16.0 Å². The molecule has 2 heterocycles. The van der Waals surface area contributed by atoms with Crippen molar-refractivity contribution in [1.82, 2.24) is 19.3 Å². The minimum atomic E-state index is -3.54. The van der Waals surface area contributed by atoms with Gasteiger partial charge in [-0.2, -0.15) is 19.3 Å². The topological polar surface area (TPSA) is 131 Å². The molecular formula is C14H21N5O4S. The van der Waals surface area contributed by atoms with Gasteiger partial charge in [-0.25, -0.2) is 8.42 Å². The first-order chi connectivity index (χ1) is 11.2. The van der Waals surface area contributed by atoms with Gasteiger partial charge in [-0.05, 0) is 25.0 Å². The largest absolute Gasteiger partial charge is 0.481 e. The number of fused-ring (bicyclic) bond motifs is 1. The van der Waals surface area contributed by atoms with E-state index in [1.807, 2.05) is 0 Å². The van der Waals surface area contributed by atoms with Gasteiger partial charge in [0.2, 0.25) is 10.0 Å². The first-order valence-electron chi connectivity index (χ1n) is 7.47. The van der Waals surface area contributed by atoms with Gasteiger partial charge in [0, 0.05) is 33.1 Å². The molecule has 0 spiro atoms. The lowest BCUT2D eigenvalue weighted by atomic mass is 10.1. The van der Waals surface area contributed by atoms with Gasteiger partial charge in [0.15, 0.2) is 0 Å². The standard InChI is InChI=1S/C12H17N5O2S.C2H4O2/c1-16-14-10-3-2-4-11(12(10)15-16)20(18,19)17-7-5-9(13)6-8-17;1-2(3)4/h2-4,9H,5-8,13H2,1H3;1H3,(H,3,4). The van der Waals surface area contributed by atoms with Crippen LogP contribution < -0.4 is 5.73 Å². The maximum Gasteiger partial charge on any atom is 0.300 e. The molecule has 3 rings (SSSR count). The summed E-state index contributed by atoms with van der Waals surface area (Å²) in [5.41, 5.74) is 6.83. The summed E-state index contributed by atoms with van der Waals surface area (Å²) >= 11 is 0. The Morgan fingerprint density at radius 3 is 2.46 bits per heavy atom. The van der Waals surface area contributed by atoms with Gasteiger partial charge in [-0.3, -0.25) is 4.79 Å². The molecule has 1 saturated heterocycles. The molecule has 1 aliphatic rings. The molecule has 0 radical (unpaired) electrons. The molecule has 2 aromatic rings. The number of carbonyl (C=O) groups is 1.